The lowest BCUT2D eigenvalue weighted by molar-refractivity contribution is -0.139. The minimum absolute atomic E-state index is 0.0384. The molecule has 3 rings (SSSR count). The number of benzene rings is 1. The molecule has 6 heteroatoms. The Morgan fingerprint density at radius 1 is 1.27 bits per heavy atom. The number of ether oxygens (including phenoxy) is 2. The van der Waals surface area contributed by atoms with Gasteiger partial charge in [-0.2, -0.15) is 0 Å². The van der Waals surface area contributed by atoms with Crippen molar-refractivity contribution in [2.45, 2.75) is 38.4 Å². The molecule has 2 N–H and O–H groups in total. The van der Waals surface area contributed by atoms with Crippen LogP contribution in [-0.4, -0.2) is 49.3 Å². The molecule has 0 aliphatic carbocycles. The summed E-state index contributed by atoms with van der Waals surface area (Å²) < 4.78 is 11.0. The Balaban J connectivity index is 2.28. The quantitative estimate of drug-likeness (QED) is 0.857. The summed E-state index contributed by atoms with van der Waals surface area (Å²) >= 11 is 0. The fourth-order valence-corrected chi connectivity index (χ4v) is 3.65. The third kappa shape index (κ3) is 1.80. The van der Waals surface area contributed by atoms with Crippen LogP contribution < -0.4 is 14.8 Å². The lowest BCUT2D eigenvalue weighted by Crippen LogP contribution is -2.62. The van der Waals surface area contributed by atoms with Crippen LogP contribution in [0.4, 0.5) is 0 Å². The maximum atomic E-state index is 12.4. The molecular weight excluding hydrogens is 284 g/mol. The summed E-state index contributed by atoms with van der Waals surface area (Å²) in [6.07, 6.45) is 0.453. The zero-order valence-electron chi connectivity index (χ0n) is 13.6. The smallest absolute Gasteiger partial charge is 0.240 e. The van der Waals surface area contributed by atoms with Gasteiger partial charge in [0.25, 0.3) is 0 Å². The van der Waals surface area contributed by atoms with Gasteiger partial charge in [-0.05, 0) is 13.8 Å². The van der Waals surface area contributed by atoms with Gasteiger partial charge in [0.15, 0.2) is 11.5 Å². The summed E-state index contributed by atoms with van der Waals surface area (Å²) in [4.78, 5) is 14.1. The first kappa shape index (κ1) is 15.0. The molecule has 22 heavy (non-hydrogen) atoms. The fraction of sp³-hybridized carbons (Fsp3) is 0.562. The number of piperazine rings is 1. The first-order valence-corrected chi connectivity index (χ1v) is 7.41. The van der Waals surface area contributed by atoms with E-state index < -0.39 is 0 Å². The number of fused-ring (bicyclic) bond motifs is 4. The van der Waals surface area contributed by atoms with E-state index in [2.05, 4.69) is 5.32 Å². The van der Waals surface area contributed by atoms with Crippen molar-refractivity contribution >= 4 is 5.91 Å². The second kappa shape index (κ2) is 5.05. The summed E-state index contributed by atoms with van der Waals surface area (Å²) in [5, 5.41) is 14.0. The van der Waals surface area contributed by atoms with Crippen molar-refractivity contribution in [2.24, 2.45) is 0 Å². The van der Waals surface area contributed by atoms with E-state index >= 15 is 0 Å². The summed E-state index contributed by atoms with van der Waals surface area (Å²) in [5.41, 5.74) is 2.33. The van der Waals surface area contributed by atoms with Crippen LogP contribution in [0.5, 0.6) is 17.2 Å². The van der Waals surface area contributed by atoms with Gasteiger partial charge in [0.1, 0.15) is 5.75 Å². The predicted molar refractivity (Wildman–Crippen MR) is 81.5 cm³/mol. The minimum atomic E-state index is -0.304. The Morgan fingerprint density at radius 2 is 1.91 bits per heavy atom. The molecule has 0 unspecified atom stereocenters. The number of carbonyl (C=O) groups is 1. The number of nitrogens with zero attached hydrogens (tertiary/aromatic N) is 1. The Labute approximate surface area is 130 Å². The van der Waals surface area contributed by atoms with Crippen LogP contribution in [0.1, 0.15) is 29.7 Å². The third-order valence-corrected chi connectivity index (χ3v) is 5.00. The number of hydrogen-bond acceptors (Lipinski definition) is 5. The van der Waals surface area contributed by atoms with Gasteiger partial charge in [-0.25, -0.2) is 0 Å². The summed E-state index contributed by atoms with van der Waals surface area (Å²) in [6.45, 7) is 3.79. The Hall–Kier alpha value is -1.95. The van der Waals surface area contributed by atoms with Gasteiger partial charge in [0.2, 0.25) is 5.91 Å². The normalized spacial score (nSPS) is 26.7. The molecule has 2 heterocycles. The number of amides is 1. The summed E-state index contributed by atoms with van der Waals surface area (Å²) in [6, 6.07) is -0.433. The monoisotopic (exact) mass is 306 g/mol. The van der Waals surface area contributed by atoms with Gasteiger partial charge in [0.05, 0.1) is 26.3 Å². The highest BCUT2D eigenvalue weighted by Crippen LogP contribution is 2.49. The van der Waals surface area contributed by atoms with Crippen molar-refractivity contribution in [3.63, 3.8) is 0 Å². The van der Waals surface area contributed by atoms with E-state index in [0.717, 1.165) is 11.1 Å². The first-order valence-electron chi connectivity index (χ1n) is 7.41. The average molecular weight is 306 g/mol. The van der Waals surface area contributed by atoms with E-state index in [9.17, 15) is 9.90 Å². The molecule has 2 aliphatic rings. The van der Waals surface area contributed by atoms with Crippen LogP contribution in [0, 0.1) is 6.92 Å². The van der Waals surface area contributed by atoms with Crippen molar-refractivity contribution in [3.05, 3.63) is 16.7 Å². The molecule has 1 aromatic carbocycles. The number of hydrogen-bond donors (Lipinski definition) is 2. The van der Waals surface area contributed by atoms with Crippen LogP contribution in [0.2, 0.25) is 0 Å². The van der Waals surface area contributed by atoms with Crippen LogP contribution in [0.25, 0.3) is 0 Å². The molecule has 0 radical (unpaired) electrons. The second-order valence-corrected chi connectivity index (χ2v) is 6.02. The number of nitrogens with one attached hydrogen (secondary N) is 1. The Morgan fingerprint density at radius 3 is 2.50 bits per heavy atom. The molecule has 3 atom stereocenters. The molecule has 0 aromatic heterocycles. The van der Waals surface area contributed by atoms with Crippen molar-refractivity contribution in [2.75, 3.05) is 21.3 Å². The number of carbonyl (C=O) groups excluding carboxylic acids is 1. The fourth-order valence-electron chi connectivity index (χ4n) is 3.65. The van der Waals surface area contributed by atoms with Crippen LogP contribution >= 0.6 is 0 Å². The number of aromatic hydroxyl groups is 1. The van der Waals surface area contributed by atoms with E-state index in [-0.39, 0.29) is 29.8 Å². The Bertz CT molecular complexity index is 644. The molecule has 1 aromatic rings. The number of rotatable bonds is 2. The lowest BCUT2D eigenvalue weighted by atomic mass is 9.81. The number of phenolic OH excluding ortho intramolecular Hbond substituents is 1. The second-order valence-electron chi connectivity index (χ2n) is 6.02. The number of methoxy groups -OCH3 is 2. The highest BCUT2D eigenvalue weighted by Gasteiger charge is 2.45. The van der Waals surface area contributed by atoms with Crippen molar-refractivity contribution in [1.29, 1.82) is 0 Å². The van der Waals surface area contributed by atoms with Crippen molar-refractivity contribution in [1.82, 2.24) is 10.2 Å². The van der Waals surface area contributed by atoms with E-state index in [1.54, 1.807) is 26.0 Å². The standard InChI is InChI=1S/C16H22N2O4/c1-7-13(19)9-6-10-16(20)18(3)8(2)12(17-10)11(9)15(22-5)14(7)21-4/h8,10,12,17,19H,6H2,1-5H3/t8-,10-,12-/m0/s1. The van der Waals surface area contributed by atoms with Crippen molar-refractivity contribution < 1.29 is 19.4 Å². The molecule has 6 nitrogen and oxygen atoms in total. The van der Waals surface area contributed by atoms with E-state index in [4.69, 9.17) is 9.47 Å². The maximum Gasteiger partial charge on any atom is 0.240 e. The van der Waals surface area contributed by atoms with Crippen LogP contribution in [-0.2, 0) is 11.2 Å². The topological polar surface area (TPSA) is 71.0 Å². The highest BCUT2D eigenvalue weighted by molar-refractivity contribution is 5.85. The van der Waals surface area contributed by atoms with Gasteiger partial charge in [-0.3, -0.25) is 10.1 Å². The SMILES string of the molecule is COc1c(C)c(O)c2c(c1OC)[C@H]1N[C@@H](C2)C(=O)N(C)[C@H]1C. The van der Waals surface area contributed by atoms with Gasteiger partial charge in [-0.15, -0.1) is 0 Å². The first-order chi connectivity index (χ1) is 10.4. The molecular formula is C16H22N2O4. The maximum absolute atomic E-state index is 12.4. The highest BCUT2D eigenvalue weighted by atomic mass is 16.5. The summed E-state index contributed by atoms with van der Waals surface area (Å²) in [7, 11) is 4.98. The van der Waals surface area contributed by atoms with E-state index in [0.29, 0.717) is 23.5 Å². The molecule has 1 saturated heterocycles. The van der Waals surface area contributed by atoms with Gasteiger partial charge < -0.3 is 19.5 Å². The predicted octanol–water partition coefficient (Wildman–Crippen LogP) is 1.13. The molecule has 120 valence electrons. The molecule has 0 spiro atoms. The van der Waals surface area contributed by atoms with Crippen LogP contribution in [0.3, 0.4) is 0 Å². The van der Waals surface area contributed by atoms with Crippen molar-refractivity contribution in [3.8, 4) is 17.2 Å². The zero-order valence-corrected chi connectivity index (χ0v) is 13.6. The van der Waals surface area contributed by atoms with E-state index in [1.165, 1.54) is 0 Å². The molecule has 2 aliphatic heterocycles. The van der Waals surface area contributed by atoms with Gasteiger partial charge in [0, 0.05) is 36.2 Å². The number of phenols is 1. The largest absolute Gasteiger partial charge is 0.507 e. The average Bonchev–Trinajstić information content (AvgIpc) is 2.53. The van der Waals surface area contributed by atoms with E-state index in [1.807, 2.05) is 14.0 Å². The molecule has 1 amide bonds. The van der Waals surface area contributed by atoms with Gasteiger partial charge in [-0.1, -0.05) is 0 Å². The third-order valence-electron chi connectivity index (χ3n) is 5.00. The van der Waals surface area contributed by atoms with Crippen LogP contribution in [0.15, 0.2) is 0 Å². The lowest BCUT2D eigenvalue weighted by Gasteiger charge is -2.46. The molecule has 2 bridgehead atoms. The van der Waals surface area contributed by atoms with Gasteiger partial charge >= 0.3 is 0 Å². The molecule has 1 fully saturated rings. The summed E-state index contributed by atoms with van der Waals surface area (Å²) in [5.74, 6) is 1.44. The number of likely N-dealkylation sites (N-methyl/N-ethyl adjacent to an activating group) is 1. The molecule has 0 saturated carbocycles. The zero-order chi connectivity index (χ0) is 16.2. The Kier molecular flexibility index (Phi) is 3.44. The minimum Gasteiger partial charge on any atom is -0.507 e.